The SMILES string of the molecule is C[C@@H](c1ccco1)N1C(=O)c2ccccc2C1=O. The van der Waals surface area contributed by atoms with E-state index < -0.39 is 6.04 Å². The summed E-state index contributed by atoms with van der Waals surface area (Å²) in [6.07, 6.45) is 1.53. The zero-order valence-corrected chi connectivity index (χ0v) is 9.79. The second-order valence-corrected chi connectivity index (χ2v) is 4.22. The average Bonchev–Trinajstić information content (AvgIpc) is 2.99. The maximum atomic E-state index is 12.2. The van der Waals surface area contributed by atoms with Crippen molar-refractivity contribution < 1.29 is 14.0 Å². The van der Waals surface area contributed by atoms with E-state index in [9.17, 15) is 9.59 Å². The Morgan fingerprint density at radius 3 is 2.11 bits per heavy atom. The predicted molar refractivity (Wildman–Crippen MR) is 64.1 cm³/mol. The van der Waals surface area contributed by atoms with E-state index in [-0.39, 0.29) is 11.8 Å². The van der Waals surface area contributed by atoms with Crippen molar-refractivity contribution in [1.29, 1.82) is 0 Å². The lowest BCUT2D eigenvalue weighted by molar-refractivity contribution is 0.0578. The molecule has 0 saturated heterocycles. The Morgan fingerprint density at radius 1 is 1.00 bits per heavy atom. The van der Waals surface area contributed by atoms with E-state index in [1.165, 1.54) is 11.2 Å². The normalized spacial score (nSPS) is 15.9. The fourth-order valence-corrected chi connectivity index (χ4v) is 2.22. The maximum absolute atomic E-state index is 12.2. The van der Waals surface area contributed by atoms with E-state index in [1.54, 1.807) is 43.3 Å². The summed E-state index contributed by atoms with van der Waals surface area (Å²) in [5.41, 5.74) is 0.918. The van der Waals surface area contributed by atoms with Gasteiger partial charge in [0.05, 0.1) is 23.4 Å². The Balaban J connectivity index is 2.02. The molecule has 0 N–H and O–H groups in total. The first-order chi connectivity index (χ1) is 8.70. The van der Waals surface area contributed by atoms with Crippen LogP contribution in [-0.2, 0) is 0 Å². The van der Waals surface area contributed by atoms with Crippen LogP contribution in [0.15, 0.2) is 47.1 Å². The second-order valence-electron chi connectivity index (χ2n) is 4.22. The Bertz CT molecular complexity index is 581. The van der Waals surface area contributed by atoms with E-state index >= 15 is 0 Å². The minimum Gasteiger partial charge on any atom is -0.467 e. The van der Waals surface area contributed by atoms with Crippen molar-refractivity contribution in [2.75, 3.05) is 0 Å². The maximum Gasteiger partial charge on any atom is 0.262 e. The molecule has 90 valence electrons. The number of furan rings is 1. The highest BCUT2D eigenvalue weighted by molar-refractivity contribution is 6.21. The molecule has 0 aliphatic carbocycles. The van der Waals surface area contributed by atoms with Crippen LogP contribution in [0.2, 0.25) is 0 Å². The number of hydrogen-bond acceptors (Lipinski definition) is 3. The molecule has 0 fully saturated rings. The van der Waals surface area contributed by atoms with Crippen molar-refractivity contribution in [2.45, 2.75) is 13.0 Å². The van der Waals surface area contributed by atoms with E-state index in [4.69, 9.17) is 4.42 Å². The number of fused-ring (bicyclic) bond motifs is 1. The van der Waals surface area contributed by atoms with Crippen molar-refractivity contribution >= 4 is 11.8 Å². The van der Waals surface area contributed by atoms with Gasteiger partial charge >= 0.3 is 0 Å². The molecule has 1 aliphatic rings. The van der Waals surface area contributed by atoms with E-state index in [0.717, 1.165) is 0 Å². The summed E-state index contributed by atoms with van der Waals surface area (Å²) < 4.78 is 5.26. The molecule has 2 amide bonds. The van der Waals surface area contributed by atoms with Gasteiger partial charge in [0.15, 0.2) is 0 Å². The second kappa shape index (κ2) is 3.84. The molecule has 2 heterocycles. The number of hydrogen-bond donors (Lipinski definition) is 0. The number of rotatable bonds is 2. The number of carbonyl (C=O) groups is 2. The van der Waals surface area contributed by atoms with E-state index in [0.29, 0.717) is 16.9 Å². The van der Waals surface area contributed by atoms with Gasteiger partial charge in [-0.25, -0.2) is 0 Å². The number of amides is 2. The summed E-state index contributed by atoms with van der Waals surface area (Å²) in [7, 11) is 0. The number of carbonyl (C=O) groups excluding carboxylic acids is 2. The predicted octanol–water partition coefficient (Wildman–Crippen LogP) is 2.64. The molecule has 4 nitrogen and oxygen atoms in total. The lowest BCUT2D eigenvalue weighted by Gasteiger charge is -2.20. The van der Waals surface area contributed by atoms with Gasteiger partial charge in [-0.3, -0.25) is 14.5 Å². The molecular weight excluding hydrogens is 230 g/mol. The van der Waals surface area contributed by atoms with Gasteiger partial charge in [-0.2, -0.15) is 0 Å². The van der Waals surface area contributed by atoms with Gasteiger partial charge in [0.25, 0.3) is 11.8 Å². The van der Waals surface area contributed by atoms with Crippen LogP contribution in [-0.4, -0.2) is 16.7 Å². The Kier molecular flexibility index (Phi) is 2.30. The molecular formula is C14H11NO3. The quantitative estimate of drug-likeness (QED) is 0.759. The highest BCUT2D eigenvalue weighted by Crippen LogP contribution is 2.30. The Labute approximate surface area is 104 Å². The average molecular weight is 241 g/mol. The third-order valence-electron chi connectivity index (χ3n) is 3.17. The Hall–Kier alpha value is -2.36. The number of benzene rings is 1. The van der Waals surface area contributed by atoms with Crippen molar-refractivity contribution in [3.63, 3.8) is 0 Å². The van der Waals surface area contributed by atoms with E-state index in [1.807, 2.05) is 0 Å². The molecule has 1 atom stereocenters. The summed E-state index contributed by atoms with van der Waals surface area (Å²) in [4.78, 5) is 25.7. The number of imide groups is 1. The van der Waals surface area contributed by atoms with E-state index in [2.05, 4.69) is 0 Å². The summed E-state index contributed by atoms with van der Waals surface area (Å²) in [6, 6.07) is 9.95. The molecule has 1 aromatic carbocycles. The van der Waals surface area contributed by atoms with Crippen molar-refractivity contribution in [3.8, 4) is 0 Å². The van der Waals surface area contributed by atoms with Crippen LogP contribution in [0.4, 0.5) is 0 Å². The van der Waals surface area contributed by atoms with Gasteiger partial charge in [-0.1, -0.05) is 12.1 Å². The van der Waals surface area contributed by atoms with Crippen LogP contribution in [0.3, 0.4) is 0 Å². The van der Waals surface area contributed by atoms with Gasteiger partial charge in [-0.15, -0.1) is 0 Å². The largest absolute Gasteiger partial charge is 0.467 e. The molecule has 0 saturated carbocycles. The molecule has 4 heteroatoms. The fraction of sp³-hybridized carbons (Fsp3) is 0.143. The van der Waals surface area contributed by atoms with Crippen LogP contribution < -0.4 is 0 Å². The monoisotopic (exact) mass is 241 g/mol. The third-order valence-corrected chi connectivity index (χ3v) is 3.17. The molecule has 0 radical (unpaired) electrons. The minimum absolute atomic E-state index is 0.264. The standard InChI is InChI=1S/C14H11NO3/c1-9(12-7-4-8-18-12)15-13(16)10-5-2-3-6-11(10)14(15)17/h2-9H,1H3/t9-/m0/s1. The first-order valence-corrected chi connectivity index (χ1v) is 5.70. The molecule has 1 aromatic heterocycles. The van der Waals surface area contributed by atoms with Gasteiger partial charge in [0, 0.05) is 0 Å². The van der Waals surface area contributed by atoms with Crippen LogP contribution in [0.25, 0.3) is 0 Å². The van der Waals surface area contributed by atoms with Gasteiger partial charge < -0.3 is 4.42 Å². The highest BCUT2D eigenvalue weighted by Gasteiger charge is 2.39. The molecule has 18 heavy (non-hydrogen) atoms. The molecule has 0 bridgehead atoms. The summed E-state index contributed by atoms with van der Waals surface area (Å²) >= 11 is 0. The van der Waals surface area contributed by atoms with Gasteiger partial charge in [0.2, 0.25) is 0 Å². The topological polar surface area (TPSA) is 50.5 Å². The molecule has 0 spiro atoms. The fourth-order valence-electron chi connectivity index (χ4n) is 2.22. The van der Waals surface area contributed by atoms with Crippen LogP contribution >= 0.6 is 0 Å². The first kappa shape index (κ1) is 10.8. The number of nitrogens with zero attached hydrogens (tertiary/aromatic N) is 1. The van der Waals surface area contributed by atoms with Crippen LogP contribution in [0, 0.1) is 0 Å². The van der Waals surface area contributed by atoms with Crippen molar-refractivity contribution in [3.05, 3.63) is 59.5 Å². The van der Waals surface area contributed by atoms with Gasteiger partial charge in [-0.05, 0) is 31.2 Å². The van der Waals surface area contributed by atoms with Gasteiger partial charge in [0.1, 0.15) is 5.76 Å². The summed E-state index contributed by atoms with van der Waals surface area (Å²) in [5, 5.41) is 0. The summed E-state index contributed by atoms with van der Waals surface area (Å²) in [5.74, 6) is 0.0727. The van der Waals surface area contributed by atoms with Crippen molar-refractivity contribution in [1.82, 2.24) is 4.90 Å². The lowest BCUT2D eigenvalue weighted by Crippen LogP contribution is -2.32. The van der Waals surface area contributed by atoms with Crippen LogP contribution in [0.1, 0.15) is 39.4 Å². The smallest absolute Gasteiger partial charge is 0.262 e. The molecule has 2 aromatic rings. The van der Waals surface area contributed by atoms with Crippen LogP contribution in [0.5, 0.6) is 0 Å². The highest BCUT2D eigenvalue weighted by atomic mass is 16.3. The summed E-state index contributed by atoms with van der Waals surface area (Å²) in [6.45, 7) is 1.78. The van der Waals surface area contributed by atoms with Crippen molar-refractivity contribution in [2.24, 2.45) is 0 Å². The molecule has 3 rings (SSSR count). The zero-order chi connectivity index (χ0) is 12.7. The zero-order valence-electron chi connectivity index (χ0n) is 9.79. The Morgan fingerprint density at radius 2 is 1.61 bits per heavy atom. The molecule has 1 aliphatic heterocycles. The molecule has 0 unspecified atom stereocenters. The minimum atomic E-state index is -0.396. The lowest BCUT2D eigenvalue weighted by atomic mass is 10.1. The third kappa shape index (κ3) is 1.39. The first-order valence-electron chi connectivity index (χ1n) is 5.70.